The minimum absolute atomic E-state index is 0.113. The molecule has 0 aliphatic rings. The highest BCUT2D eigenvalue weighted by Gasteiger charge is 2.14. The number of aromatic nitrogens is 1. The van der Waals surface area contributed by atoms with E-state index in [9.17, 15) is 13.2 Å². The lowest BCUT2D eigenvalue weighted by molar-refractivity contribution is 0.146. The highest BCUT2D eigenvalue weighted by molar-refractivity contribution is 9.10. The first kappa shape index (κ1) is 9.80. The molecule has 12 heavy (non-hydrogen) atoms. The van der Waals surface area contributed by atoms with Crippen molar-refractivity contribution in [1.82, 2.24) is 4.98 Å². The molecule has 0 fully saturated rings. The Morgan fingerprint density at radius 1 is 1.50 bits per heavy atom. The number of alkyl halides is 2. The van der Waals surface area contributed by atoms with Gasteiger partial charge in [-0.3, -0.25) is 0 Å². The first-order chi connectivity index (χ1) is 5.52. The van der Waals surface area contributed by atoms with Crippen molar-refractivity contribution in [2.24, 2.45) is 0 Å². The second-order valence-electron chi connectivity index (χ2n) is 1.93. The quantitative estimate of drug-likeness (QED) is 0.703. The molecule has 0 bridgehead atoms. The van der Waals surface area contributed by atoms with Crippen LogP contribution in [0.2, 0.25) is 5.15 Å². The van der Waals surface area contributed by atoms with Gasteiger partial charge in [0.05, 0.1) is 4.47 Å². The Bertz CT molecular complexity index is 282. The van der Waals surface area contributed by atoms with Crippen LogP contribution in [0.1, 0.15) is 12.1 Å². The Labute approximate surface area is 79.7 Å². The van der Waals surface area contributed by atoms with Gasteiger partial charge in [0.15, 0.2) is 11.0 Å². The number of nitrogens with zero attached hydrogens (tertiary/aromatic N) is 1. The summed E-state index contributed by atoms with van der Waals surface area (Å²) in [5.41, 5.74) is -0.548. The molecule has 0 amide bonds. The van der Waals surface area contributed by atoms with Gasteiger partial charge in [-0.2, -0.15) is 0 Å². The summed E-state index contributed by atoms with van der Waals surface area (Å²) in [7, 11) is 0. The second kappa shape index (κ2) is 3.62. The van der Waals surface area contributed by atoms with E-state index in [-0.39, 0.29) is 4.47 Å². The molecule has 0 radical (unpaired) electrons. The van der Waals surface area contributed by atoms with Crippen molar-refractivity contribution in [2.75, 3.05) is 0 Å². The number of hydrogen-bond donors (Lipinski definition) is 0. The Kier molecular flexibility index (Phi) is 2.95. The van der Waals surface area contributed by atoms with Gasteiger partial charge in [0, 0.05) is 0 Å². The Morgan fingerprint density at radius 3 is 2.50 bits per heavy atom. The third-order valence-corrected chi connectivity index (χ3v) is 1.94. The van der Waals surface area contributed by atoms with Crippen LogP contribution < -0.4 is 0 Å². The SMILES string of the molecule is Fc1c(Br)cc(C(F)F)nc1Cl. The number of hydrogen-bond acceptors (Lipinski definition) is 1. The van der Waals surface area contributed by atoms with Gasteiger partial charge in [0.25, 0.3) is 6.43 Å². The highest BCUT2D eigenvalue weighted by Crippen LogP contribution is 2.26. The summed E-state index contributed by atoms with van der Waals surface area (Å²) in [5.74, 6) is -0.832. The van der Waals surface area contributed by atoms with Gasteiger partial charge in [-0.05, 0) is 22.0 Å². The van der Waals surface area contributed by atoms with E-state index in [0.717, 1.165) is 6.07 Å². The van der Waals surface area contributed by atoms with E-state index in [1.54, 1.807) is 0 Å². The van der Waals surface area contributed by atoms with Crippen molar-refractivity contribution in [1.29, 1.82) is 0 Å². The number of pyridine rings is 1. The van der Waals surface area contributed by atoms with Crippen LogP contribution in [-0.2, 0) is 0 Å². The maximum absolute atomic E-state index is 12.7. The van der Waals surface area contributed by atoms with Crippen LogP contribution in [0.4, 0.5) is 13.2 Å². The van der Waals surface area contributed by atoms with Crippen molar-refractivity contribution < 1.29 is 13.2 Å². The summed E-state index contributed by atoms with van der Waals surface area (Å²) in [6.45, 7) is 0. The van der Waals surface area contributed by atoms with Gasteiger partial charge in [-0.15, -0.1) is 0 Å². The van der Waals surface area contributed by atoms with Crippen LogP contribution in [0.15, 0.2) is 10.5 Å². The molecule has 1 rings (SSSR count). The zero-order valence-electron chi connectivity index (χ0n) is 5.49. The number of halogens is 5. The van der Waals surface area contributed by atoms with E-state index < -0.39 is 23.1 Å². The maximum atomic E-state index is 12.7. The van der Waals surface area contributed by atoms with Crippen molar-refractivity contribution >= 4 is 27.5 Å². The van der Waals surface area contributed by atoms with Crippen LogP contribution in [0.25, 0.3) is 0 Å². The first-order valence-electron chi connectivity index (χ1n) is 2.82. The third-order valence-electron chi connectivity index (χ3n) is 1.12. The van der Waals surface area contributed by atoms with E-state index in [2.05, 4.69) is 20.9 Å². The van der Waals surface area contributed by atoms with Crippen LogP contribution in [0.3, 0.4) is 0 Å². The predicted octanol–water partition coefficient (Wildman–Crippen LogP) is 3.57. The van der Waals surface area contributed by atoms with Crippen LogP contribution in [0.5, 0.6) is 0 Å². The first-order valence-corrected chi connectivity index (χ1v) is 3.99. The lowest BCUT2D eigenvalue weighted by atomic mass is 10.3. The van der Waals surface area contributed by atoms with Crippen LogP contribution in [0, 0.1) is 5.82 Å². The van der Waals surface area contributed by atoms with E-state index in [1.807, 2.05) is 0 Å². The molecule has 0 aromatic carbocycles. The molecule has 0 unspecified atom stereocenters. The standard InChI is InChI=1S/C6H2BrClF3N/c7-2-1-3(6(10)11)12-5(8)4(2)9/h1,6H. The fraction of sp³-hybridized carbons (Fsp3) is 0.167. The molecule has 0 atom stereocenters. The average Bonchev–Trinajstić information content (AvgIpc) is 1.99. The molecule has 0 aliphatic heterocycles. The zero-order valence-corrected chi connectivity index (χ0v) is 7.83. The van der Waals surface area contributed by atoms with Crippen LogP contribution >= 0.6 is 27.5 Å². The minimum Gasteiger partial charge on any atom is -0.232 e. The zero-order chi connectivity index (χ0) is 9.30. The molecule has 1 nitrogen and oxygen atoms in total. The molecule has 1 aromatic rings. The molecule has 1 aromatic heterocycles. The molecule has 0 spiro atoms. The molecular formula is C6H2BrClF3N. The van der Waals surface area contributed by atoms with Gasteiger partial charge in [-0.25, -0.2) is 18.2 Å². The topological polar surface area (TPSA) is 12.9 Å². The minimum atomic E-state index is -2.75. The van der Waals surface area contributed by atoms with E-state index in [1.165, 1.54) is 0 Å². The Hall–Kier alpha value is -0.290. The van der Waals surface area contributed by atoms with E-state index in [4.69, 9.17) is 11.6 Å². The maximum Gasteiger partial charge on any atom is 0.280 e. The van der Waals surface area contributed by atoms with Gasteiger partial charge >= 0.3 is 0 Å². The lowest BCUT2D eigenvalue weighted by Gasteiger charge is -2.01. The van der Waals surface area contributed by atoms with Crippen molar-refractivity contribution in [2.45, 2.75) is 6.43 Å². The van der Waals surface area contributed by atoms with Gasteiger partial charge in [-0.1, -0.05) is 11.6 Å². The molecule has 66 valence electrons. The number of rotatable bonds is 1. The van der Waals surface area contributed by atoms with Gasteiger partial charge < -0.3 is 0 Å². The molecule has 0 N–H and O–H groups in total. The normalized spacial score (nSPS) is 10.8. The molecule has 0 saturated heterocycles. The van der Waals surface area contributed by atoms with Crippen molar-refractivity contribution in [3.63, 3.8) is 0 Å². The van der Waals surface area contributed by atoms with E-state index >= 15 is 0 Å². The van der Waals surface area contributed by atoms with Crippen molar-refractivity contribution in [3.05, 3.63) is 27.2 Å². The van der Waals surface area contributed by atoms with Gasteiger partial charge in [0.2, 0.25) is 0 Å². The fourth-order valence-corrected chi connectivity index (χ4v) is 1.33. The fourth-order valence-electron chi connectivity index (χ4n) is 0.598. The molecule has 0 aliphatic carbocycles. The monoisotopic (exact) mass is 259 g/mol. The lowest BCUT2D eigenvalue weighted by Crippen LogP contribution is -1.93. The summed E-state index contributed by atoms with van der Waals surface area (Å²) in [4.78, 5) is 3.14. The highest BCUT2D eigenvalue weighted by atomic mass is 79.9. The summed E-state index contributed by atoms with van der Waals surface area (Å²) in [6, 6.07) is 0.895. The van der Waals surface area contributed by atoms with Crippen molar-refractivity contribution in [3.8, 4) is 0 Å². The molecule has 0 saturated carbocycles. The summed E-state index contributed by atoms with van der Waals surface area (Å²) >= 11 is 7.95. The molecular weight excluding hydrogens is 258 g/mol. The Balaban J connectivity index is 3.21. The smallest absolute Gasteiger partial charge is 0.232 e. The predicted molar refractivity (Wildman–Crippen MR) is 41.9 cm³/mol. The summed E-state index contributed by atoms with van der Waals surface area (Å²) in [5, 5.41) is -0.556. The summed E-state index contributed by atoms with van der Waals surface area (Å²) < 4.78 is 36.6. The average molecular weight is 260 g/mol. The third kappa shape index (κ3) is 1.90. The van der Waals surface area contributed by atoms with E-state index in [0.29, 0.717) is 0 Å². The molecule has 1 heterocycles. The second-order valence-corrected chi connectivity index (χ2v) is 3.15. The molecule has 6 heteroatoms. The van der Waals surface area contributed by atoms with Crippen LogP contribution in [-0.4, -0.2) is 4.98 Å². The van der Waals surface area contributed by atoms with Gasteiger partial charge in [0.1, 0.15) is 5.69 Å². The Morgan fingerprint density at radius 2 is 2.08 bits per heavy atom. The largest absolute Gasteiger partial charge is 0.280 e. The summed E-state index contributed by atoms with van der Waals surface area (Å²) in [6.07, 6.45) is -2.75.